The third-order valence-electron chi connectivity index (χ3n) is 11.9. The molecule has 0 aliphatic rings. The highest BCUT2D eigenvalue weighted by Crippen LogP contribution is 2.40. The van der Waals surface area contributed by atoms with Gasteiger partial charge in [0.15, 0.2) is 11.5 Å². The molecule has 0 radical (unpaired) electrons. The van der Waals surface area contributed by atoms with Crippen LogP contribution in [0.15, 0.2) is 12.1 Å². The van der Waals surface area contributed by atoms with Crippen LogP contribution in [0.2, 0.25) is 0 Å². The van der Waals surface area contributed by atoms with E-state index in [4.69, 9.17) is 14.2 Å². The van der Waals surface area contributed by atoms with Crippen LogP contribution in [0.5, 0.6) is 17.2 Å². The van der Waals surface area contributed by atoms with E-state index in [-0.39, 0.29) is 0 Å². The monoisotopic (exact) mass is 745 g/mol. The number of unbranched alkanes of at least 4 members (excludes halogenated alkanes) is 27. The average Bonchev–Trinajstić information content (AvgIpc) is 3.17. The molecular formula is C49H94NO3+. The number of rotatable bonds is 41. The topological polar surface area (TPSA) is 27.7 Å². The van der Waals surface area contributed by atoms with E-state index in [0.29, 0.717) is 0 Å². The number of ether oxygens (including phenoxy) is 3. The fraction of sp³-hybridized carbons (Fsp3) is 0.878. The van der Waals surface area contributed by atoms with Gasteiger partial charge in [-0.3, -0.25) is 0 Å². The second-order valence-electron chi connectivity index (χ2n) is 16.5. The average molecular weight is 745 g/mol. The Kier molecular flexibility index (Phi) is 33.9. The van der Waals surface area contributed by atoms with Crippen molar-refractivity contribution in [3.05, 3.63) is 17.7 Å². The zero-order valence-electron chi connectivity index (χ0n) is 37.0. The van der Waals surface area contributed by atoms with Crippen molar-refractivity contribution < 1.29 is 18.7 Å². The summed E-state index contributed by atoms with van der Waals surface area (Å²) >= 11 is 0. The Labute approximate surface area is 332 Å². The fourth-order valence-corrected chi connectivity index (χ4v) is 7.78. The van der Waals surface area contributed by atoms with Crippen LogP contribution in [-0.2, 0) is 6.54 Å². The van der Waals surface area contributed by atoms with Crippen molar-refractivity contribution >= 4 is 0 Å². The van der Waals surface area contributed by atoms with E-state index in [9.17, 15) is 0 Å². The van der Waals surface area contributed by atoms with E-state index >= 15 is 0 Å². The smallest absolute Gasteiger partial charge is 0.203 e. The van der Waals surface area contributed by atoms with Crippen molar-refractivity contribution in [3.8, 4) is 17.2 Å². The summed E-state index contributed by atoms with van der Waals surface area (Å²) in [5.74, 6) is 2.67. The summed E-state index contributed by atoms with van der Waals surface area (Å²) in [5, 5.41) is 0. The van der Waals surface area contributed by atoms with Crippen LogP contribution in [0, 0.1) is 0 Å². The van der Waals surface area contributed by atoms with Gasteiger partial charge in [0, 0.05) is 5.56 Å². The summed E-state index contributed by atoms with van der Waals surface area (Å²) in [6.07, 6.45) is 40.0. The largest absolute Gasteiger partial charge is 0.490 e. The molecular weight excluding hydrogens is 651 g/mol. The van der Waals surface area contributed by atoms with Gasteiger partial charge in [0.1, 0.15) is 6.54 Å². The normalized spacial score (nSPS) is 11.7. The molecule has 0 aliphatic carbocycles. The SMILES string of the molecule is CCCCCCCCCCCCOc1cc(C[N+](CC)(CC)CC)cc(OCCCCCCCCCCCC)c1OCCCCCCCCCCCC. The third kappa shape index (κ3) is 26.1. The standard InChI is InChI=1S/C49H94NO3/c1-7-13-16-19-22-25-28-31-34-37-40-51-47-43-46(45-50(10-4,11-5)12-6)44-48(52-41-38-35-32-29-26-23-20-17-14-8-2)49(47)53-42-39-36-33-30-27-24-21-18-15-9-3/h43-44H,7-42,45H2,1-6H3/q+1. The Morgan fingerprint density at radius 1 is 0.340 bits per heavy atom. The van der Waals surface area contributed by atoms with Crippen molar-refractivity contribution in [3.63, 3.8) is 0 Å². The molecule has 4 nitrogen and oxygen atoms in total. The Hall–Kier alpha value is -1.42. The first kappa shape index (κ1) is 49.6. The van der Waals surface area contributed by atoms with Crippen LogP contribution in [0.1, 0.15) is 240 Å². The van der Waals surface area contributed by atoms with Gasteiger partial charge in [0.2, 0.25) is 5.75 Å². The highest BCUT2D eigenvalue weighted by molar-refractivity contribution is 5.54. The lowest BCUT2D eigenvalue weighted by Gasteiger charge is -2.36. The molecule has 1 rings (SSSR count). The van der Waals surface area contributed by atoms with E-state index in [1.807, 2.05) is 0 Å². The Morgan fingerprint density at radius 3 is 0.887 bits per heavy atom. The molecule has 0 aliphatic heterocycles. The first-order valence-corrected chi connectivity index (χ1v) is 24.0. The molecule has 312 valence electrons. The van der Waals surface area contributed by atoms with Crippen molar-refractivity contribution in [1.29, 1.82) is 0 Å². The maximum atomic E-state index is 6.65. The summed E-state index contributed by atoms with van der Waals surface area (Å²) in [4.78, 5) is 0. The molecule has 53 heavy (non-hydrogen) atoms. The predicted octanol–water partition coefficient (Wildman–Crippen LogP) is 16.0. The van der Waals surface area contributed by atoms with Gasteiger partial charge in [-0.15, -0.1) is 0 Å². The van der Waals surface area contributed by atoms with Crippen LogP contribution in [0.25, 0.3) is 0 Å². The molecule has 0 bridgehead atoms. The third-order valence-corrected chi connectivity index (χ3v) is 11.9. The highest BCUT2D eigenvalue weighted by atomic mass is 16.5. The maximum Gasteiger partial charge on any atom is 0.203 e. The van der Waals surface area contributed by atoms with Crippen molar-refractivity contribution in [2.75, 3.05) is 39.5 Å². The second-order valence-corrected chi connectivity index (χ2v) is 16.5. The molecule has 1 aromatic carbocycles. The highest BCUT2D eigenvalue weighted by Gasteiger charge is 2.24. The van der Waals surface area contributed by atoms with Crippen LogP contribution < -0.4 is 14.2 Å². The maximum absolute atomic E-state index is 6.65. The first-order chi connectivity index (χ1) is 26.1. The lowest BCUT2D eigenvalue weighted by Crippen LogP contribution is -2.46. The van der Waals surface area contributed by atoms with E-state index in [1.54, 1.807) is 0 Å². The molecule has 0 N–H and O–H groups in total. The number of hydrogen-bond acceptors (Lipinski definition) is 3. The minimum atomic E-state index is 0.734. The molecule has 0 amide bonds. The molecule has 4 heteroatoms. The number of hydrogen-bond donors (Lipinski definition) is 0. The van der Waals surface area contributed by atoms with Crippen LogP contribution in [0.4, 0.5) is 0 Å². The van der Waals surface area contributed by atoms with Gasteiger partial charge in [0.25, 0.3) is 0 Å². The van der Waals surface area contributed by atoms with Crippen LogP contribution >= 0.6 is 0 Å². The summed E-state index contributed by atoms with van der Waals surface area (Å²) in [6.45, 7) is 20.5. The first-order valence-electron chi connectivity index (χ1n) is 24.0. The van der Waals surface area contributed by atoms with Gasteiger partial charge in [-0.1, -0.05) is 194 Å². The van der Waals surface area contributed by atoms with E-state index in [1.165, 1.54) is 179 Å². The number of quaternary nitrogens is 1. The lowest BCUT2D eigenvalue weighted by atomic mass is 10.1. The summed E-state index contributed by atoms with van der Waals surface area (Å²) in [5.41, 5.74) is 1.32. The molecule has 0 saturated heterocycles. The molecule has 0 spiro atoms. The van der Waals surface area contributed by atoms with Gasteiger partial charge in [-0.25, -0.2) is 0 Å². The minimum absolute atomic E-state index is 0.734. The molecule has 0 fully saturated rings. The summed E-state index contributed by atoms with van der Waals surface area (Å²) in [6, 6.07) is 4.59. The summed E-state index contributed by atoms with van der Waals surface area (Å²) in [7, 11) is 0. The molecule has 1 aromatic rings. The minimum Gasteiger partial charge on any atom is -0.490 e. The molecule has 0 saturated carbocycles. The Morgan fingerprint density at radius 2 is 0.604 bits per heavy atom. The summed E-state index contributed by atoms with van der Waals surface area (Å²) < 4.78 is 21.0. The number of nitrogens with zero attached hydrogens (tertiary/aromatic N) is 1. The Bertz CT molecular complexity index is 858. The lowest BCUT2D eigenvalue weighted by molar-refractivity contribution is -0.936. The Balaban J connectivity index is 2.88. The van der Waals surface area contributed by atoms with Crippen molar-refractivity contribution in [1.82, 2.24) is 0 Å². The van der Waals surface area contributed by atoms with Crippen molar-refractivity contribution in [2.24, 2.45) is 0 Å². The van der Waals surface area contributed by atoms with Gasteiger partial charge < -0.3 is 18.7 Å². The molecule has 0 aromatic heterocycles. The molecule has 0 atom stereocenters. The molecule has 0 heterocycles. The number of benzene rings is 1. The van der Waals surface area contributed by atoms with Crippen LogP contribution in [0.3, 0.4) is 0 Å². The van der Waals surface area contributed by atoms with E-state index in [2.05, 4.69) is 53.7 Å². The van der Waals surface area contributed by atoms with Gasteiger partial charge in [-0.05, 0) is 52.2 Å². The molecule has 0 unspecified atom stereocenters. The van der Waals surface area contributed by atoms with Crippen LogP contribution in [-0.4, -0.2) is 43.9 Å². The quantitative estimate of drug-likeness (QED) is 0.0494. The van der Waals surface area contributed by atoms with Gasteiger partial charge >= 0.3 is 0 Å². The zero-order valence-corrected chi connectivity index (χ0v) is 37.0. The zero-order chi connectivity index (χ0) is 38.5. The van der Waals surface area contributed by atoms with E-state index < -0.39 is 0 Å². The fourth-order valence-electron chi connectivity index (χ4n) is 7.78. The van der Waals surface area contributed by atoms with Crippen molar-refractivity contribution in [2.45, 2.75) is 241 Å². The second kappa shape index (κ2) is 36.2. The van der Waals surface area contributed by atoms with E-state index in [0.717, 1.165) is 87.0 Å². The van der Waals surface area contributed by atoms with Gasteiger partial charge in [0.05, 0.1) is 39.5 Å². The predicted molar refractivity (Wildman–Crippen MR) is 234 cm³/mol. The van der Waals surface area contributed by atoms with Gasteiger partial charge in [-0.2, -0.15) is 0 Å².